The monoisotopic (exact) mass is 470 g/mol. The van der Waals surface area contributed by atoms with Gasteiger partial charge in [-0.25, -0.2) is 4.79 Å². The van der Waals surface area contributed by atoms with Gasteiger partial charge in [0.2, 0.25) is 0 Å². The Labute approximate surface area is 210 Å². The fourth-order valence-corrected chi connectivity index (χ4v) is 3.88. The summed E-state index contributed by atoms with van der Waals surface area (Å²) in [5.41, 5.74) is 4.11. The van der Waals surface area contributed by atoms with Gasteiger partial charge in [0.1, 0.15) is 11.5 Å². The maximum Gasteiger partial charge on any atom is 0.343 e. The van der Waals surface area contributed by atoms with Crippen LogP contribution >= 0.6 is 0 Å². The van der Waals surface area contributed by atoms with E-state index in [1.807, 2.05) is 42.5 Å². The Morgan fingerprint density at radius 2 is 1.43 bits per heavy atom. The Balaban J connectivity index is 1.47. The first-order valence-electron chi connectivity index (χ1n) is 12.8. The van der Waals surface area contributed by atoms with Crippen molar-refractivity contribution in [3.05, 3.63) is 96.6 Å². The van der Waals surface area contributed by atoms with Crippen LogP contribution in [-0.2, 0) is 6.42 Å². The van der Waals surface area contributed by atoms with Crippen LogP contribution < -0.4 is 9.47 Å². The highest BCUT2D eigenvalue weighted by molar-refractivity contribution is 5.91. The predicted molar refractivity (Wildman–Crippen MR) is 145 cm³/mol. The van der Waals surface area contributed by atoms with Crippen molar-refractivity contribution >= 4 is 5.97 Å². The molecule has 0 spiro atoms. The molecule has 0 saturated carbocycles. The zero-order chi connectivity index (χ0) is 24.9. The minimum atomic E-state index is -0.367. The van der Waals surface area contributed by atoms with Gasteiger partial charge in [-0.1, -0.05) is 75.6 Å². The molecule has 0 aliphatic heterocycles. The first-order valence-corrected chi connectivity index (χ1v) is 12.8. The summed E-state index contributed by atoms with van der Waals surface area (Å²) in [7, 11) is 0. The number of carbonyl (C=O) groups excluding carboxylic acids is 1. The summed E-state index contributed by atoms with van der Waals surface area (Å²) in [4.78, 5) is 12.6. The third-order valence-corrected chi connectivity index (χ3v) is 6.29. The fourth-order valence-electron chi connectivity index (χ4n) is 3.88. The molecule has 3 nitrogen and oxygen atoms in total. The molecular weight excluding hydrogens is 432 g/mol. The lowest BCUT2D eigenvalue weighted by Crippen LogP contribution is -2.08. The number of hydrogen-bond acceptors (Lipinski definition) is 3. The number of allylic oxidation sites excluding steroid dienone is 1. The summed E-state index contributed by atoms with van der Waals surface area (Å²) in [6.45, 7) is 8.95. The first kappa shape index (κ1) is 26.3. The molecule has 35 heavy (non-hydrogen) atoms. The molecule has 0 N–H and O–H groups in total. The maximum atomic E-state index is 12.6. The molecular formula is C32H38O3. The highest BCUT2D eigenvalue weighted by Gasteiger charge is 2.10. The Morgan fingerprint density at radius 1 is 0.829 bits per heavy atom. The molecule has 0 amide bonds. The normalized spacial score (nSPS) is 11.6. The molecule has 0 heterocycles. The van der Waals surface area contributed by atoms with E-state index in [1.54, 1.807) is 12.1 Å². The highest BCUT2D eigenvalue weighted by Crippen LogP contribution is 2.23. The Morgan fingerprint density at radius 3 is 2.06 bits per heavy atom. The molecule has 0 aliphatic rings. The van der Waals surface area contributed by atoms with Gasteiger partial charge in [-0.05, 0) is 84.7 Å². The summed E-state index contributed by atoms with van der Waals surface area (Å²) >= 11 is 0. The summed E-state index contributed by atoms with van der Waals surface area (Å²) in [5.74, 6) is 1.62. The quantitative estimate of drug-likeness (QED) is 0.102. The van der Waals surface area contributed by atoms with Crippen LogP contribution in [0.2, 0.25) is 0 Å². The van der Waals surface area contributed by atoms with Gasteiger partial charge in [0.25, 0.3) is 0 Å². The van der Waals surface area contributed by atoms with Crippen LogP contribution in [0.15, 0.2) is 85.5 Å². The average molecular weight is 471 g/mol. The van der Waals surface area contributed by atoms with Gasteiger partial charge >= 0.3 is 5.97 Å². The van der Waals surface area contributed by atoms with E-state index in [0.29, 0.717) is 23.8 Å². The Hall–Kier alpha value is -3.33. The van der Waals surface area contributed by atoms with Crippen molar-refractivity contribution in [2.45, 2.75) is 58.8 Å². The predicted octanol–water partition coefficient (Wildman–Crippen LogP) is 8.68. The Bertz CT molecular complexity index is 1030. The van der Waals surface area contributed by atoms with Crippen molar-refractivity contribution in [2.75, 3.05) is 6.61 Å². The molecule has 3 rings (SSSR count). The molecule has 0 radical (unpaired) electrons. The molecule has 184 valence electrons. The lowest BCUT2D eigenvalue weighted by Gasteiger charge is -2.10. The Kier molecular flexibility index (Phi) is 10.6. The van der Waals surface area contributed by atoms with Gasteiger partial charge in [-0.3, -0.25) is 0 Å². The molecule has 1 unspecified atom stereocenters. The molecule has 0 saturated heterocycles. The van der Waals surface area contributed by atoms with E-state index < -0.39 is 0 Å². The molecule has 1 atom stereocenters. The van der Waals surface area contributed by atoms with Crippen LogP contribution in [0.3, 0.4) is 0 Å². The number of esters is 1. The number of benzene rings is 3. The van der Waals surface area contributed by atoms with Gasteiger partial charge < -0.3 is 9.47 Å². The number of unbranched alkanes of at least 4 members (excludes halogenated alkanes) is 4. The van der Waals surface area contributed by atoms with E-state index in [1.165, 1.54) is 24.8 Å². The molecule has 0 aliphatic carbocycles. The second-order valence-electron chi connectivity index (χ2n) is 9.19. The van der Waals surface area contributed by atoms with E-state index in [9.17, 15) is 4.79 Å². The fraction of sp³-hybridized carbons (Fsp3) is 0.344. The van der Waals surface area contributed by atoms with Crippen LogP contribution in [0.5, 0.6) is 11.5 Å². The minimum absolute atomic E-state index is 0.367. The van der Waals surface area contributed by atoms with Crippen LogP contribution in [-0.4, -0.2) is 12.6 Å². The SMILES string of the molecule is C=CCCCCCCOc1ccc(OC(=O)c2ccc(-c3ccc(CC(C)CC)cc3)cc2)cc1. The van der Waals surface area contributed by atoms with Crippen molar-refractivity contribution in [1.29, 1.82) is 0 Å². The van der Waals surface area contributed by atoms with Crippen molar-refractivity contribution in [1.82, 2.24) is 0 Å². The first-order chi connectivity index (χ1) is 17.1. The third-order valence-electron chi connectivity index (χ3n) is 6.29. The van der Waals surface area contributed by atoms with Crippen LogP contribution in [0.4, 0.5) is 0 Å². The smallest absolute Gasteiger partial charge is 0.343 e. The number of carbonyl (C=O) groups is 1. The van der Waals surface area contributed by atoms with Crippen molar-refractivity contribution in [2.24, 2.45) is 5.92 Å². The number of ether oxygens (including phenoxy) is 2. The van der Waals surface area contributed by atoms with Gasteiger partial charge in [0, 0.05) is 0 Å². The number of rotatable bonds is 14. The van der Waals surface area contributed by atoms with E-state index in [-0.39, 0.29) is 5.97 Å². The van der Waals surface area contributed by atoms with Crippen molar-refractivity contribution in [3.8, 4) is 22.6 Å². The molecule has 3 aromatic carbocycles. The van der Waals surface area contributed by atoms with Gasteiger partial charge in [-0.2, -0.15) is 0 Å². The third kappa shape index (κ3) is 8.75. The van der Waals surface area contributed by atoms with Gasteiger partial charge in [0.05, 0.1) is 12.2 Å². The van der Waals surface area contributed by atoms with Gasteiger partial charge in [0.15, 0.2) is 0 Å². The summed E-state index contributed by atoms with van der Waals surface area (Å²) in [6, 6.07) is 23.5. The topological polar surface area (TPSA) is 35.5 Å². The molecule has 0 bridgehead atoms. The second kappa shape index (κ2) is 14.2. The van der Waals surface area contributed by atoms with Gasteiger partial charge in [-0.15, -0.1) is 6.58 Å². The molecule has 3 aromatic rings. The van der Waals surface area contributed by atoms with E-state index in [0.717, 1.165) is 42.6 Å². The molecule has 3 heteroatoms. The summed E-state index contributed by atoms with van der Waals surface area (Å²) in [6.07, 6.45) is 9.93. The largest absolute Gasteiger partial charge is 0.494 e. The minimum Gasteiger partial charge on any atom is -0.494 e. The molecule has 0 aromatic heterocycles. The van der Waals surface area contributed by atoms with Crippen LogP contribution in [0.1, 0.15) is 68.3 Å². The zero-order valence-corrected chi connectivity index (χ0v) is 21.2. The zero-order valence-electron chi connectivity index (χ0n) is 21.2. The van der Waals surface area contributed by atoms with Crippen molar-refractivity contribution < 1.29 is 14.3 Å². The van der Waals surface area contributed by atoms with Crippen molar-refractivity contribution in [3.63, 3.8) is 0 Å². The summed E-state index contributed by atoms with van der Waals surface area (Å²) < 4.78 is 11.3. The maximum absolute atomic E-state index is 12.6. The summed E-state index contributed by atoms with van der Waals surface area (Å²) in [5, 5.41) is 0. The van der Waals surface area contributed by atoms with Crippen LogP contribution in [0, 0.1) is 5.92 Å². The highest BCUT2D eigenvalue weighted by atomic mass is 16.5. The molecule has 0 fully saturated rings. The van der Waals surface area contributed by atoms with E-state index in [4.69, 9.17) is 9.47 Å². The second-order valence-corrected chi connectivity index (χ2v) is 9.19. The van der Waals surface area contributed by atoms with E-state index >= 15 is 0 Å². The standard InChI is InChI=1S/C32H38O3/c1-4-6-7-8-9-10-23-34-30-19-21-31(22-20-30)35-32(33)29-17-15-28(16-18-29)27-13-11-26(12-14-27)24-25(3)5-2/h4,11-22,25H,1,5-10,23-24H2,2-3H3. The lowest BCUT2D eigenvalue weighted by molar-refractivity contribution is 0.0734. The lowest BCUT2D eigenvalue weighted by atomic mass is 9.96. The van der Waals surface area contributed by atoms with E-state index in [2.05, 4.69) is 44.7 Å². The number of hydrogen-bond donors (Lipinski definition) is 0. The average Bonchev–Trinajstić information content (AvgIpc) is 2.89. The van der Waals surface area contributed by atoms with Crippen LogP contribution in [0.25, 0.3) is 11.1 Å².